The van der Waals surface area contributed by atoms with Crippen LogP contribution < -0.4 is 5.56 Å². The molecule has 2 aromatic heterocycles. The molecule has 4 rings (SSSR count). The van der Waals surface area contributed by atoms with Crippen LogP contribution in [-0.4, -0.2) is 38.7 Å². The summed E-state index contributed by atoms with van der Waals surface area (Å²) in [4.78, 5) is 33.8. The Kier molecular flexibility index (Phi) is 5.55. The normalized spacial score (nSPS) is 17.2. The lowest BCUT2D eigenvalue weighted by Gasteiger charge is -2.33. The Bertz CT molecular complexity index is 1060. The number of aromatic nitrogens is 2. The summed E-state index contributed by atoms with van der Waals surface area (Å²) < 4.78 is 1.56. The number of fused-ring (bicyclic) bond motifs is 1. The molecule has 1 unspecified atom stereocenters. The van der Waals surface area contributed by atoms with Crippen molar-refractivity contribution in [2.24, 2.45) is 7.05 Å². The standard InChI is InChI=1S/C21H23N3O2S2/c1-14-8-6-7-11-24(14)18(25)13-27-21-22-19-16(20(26)23(21)2)12-17(28-19)15-9-4-3-5-10-15/h3-5,9-10,12,14H,6-8,11,13H2,1-2H3. The summed E-state index contributed by atoms with van der Waals surface area (Å²) in [6.07, 6.45) is 3.32. The summed E-state index contributed by atoms with van der Waals surface area (Å²) in [5, 5.41) is 1.23. The number of rotatable bonds is 4. The average molecular weight is 414 g/mol. The van der Waals surface area contributed by atoms with Gasteiger partial charge in [-0.25, -0.2) is 4.98 Å². The fourth-order valence-corrected chi connectivity index (χ4v) is 5.53. The van der Waals surface area contributed by atoms with Gasteiger partial charge in [-0.15, -0.1) is 11.3 Å². The molecular weight excluding hydrogens is 390 g/mol. The van der Waals surface area contributed by atoms with Gasteiger partial charge in [-0.3, -0.25) is 14.2 Å². The molecule has 0 radical (unpaired) electrons. The van der Waals surface area contributed by atoms with E-state index in [-0.39, 0.29) is 11.5 Å². The molecule has 3 aromatic rings. The van der Waals surface area contributed by atoms with Crippen molar-refractivity contribution in [3.05, 3.63) is 46.8 Å². The second-order valence-corrected chi connectivity index (χ2v) is 9.15. The molecule has 1 aromatic carbocycles. The van der Waals surface area contributed by atoms with Crippen molar-refractivity contribution >= 4 is 39.2 Å². The molecule has 1 fully saturated rings. The second kappa shape index (κ2) is 8.09. The number of amides is 1. The van der Waals surface area contributed by atoms with Gasteiger partial charge < -0.3 is 4.90 Å². The molecule has 0 bridgehead atoms. The molecule has 0 spiro atoms. The van der Waals surface area contributed by atoms with Crippen LogP contribution in [0.25, 0.3) is 20.7 Å². The van der Waals surface area contributed by atoms with E-state index in [1.54, 1.807) is 11.6 Å². The molecule has 1 atom stereocenters. The lowest BCUT2D eigenvalue weighted by Crippen LogP contribution is -2.43. The van der Waals surface area contributed by atoms with E-state index in [0.717, 1.165) is 34.7 Å². The molecule has 1 aliphatic rings. The van der Waals surface area contributed by atoms with Gasteiger partial charge in [-0.1, -0.05) is 42.1 Å². The van der Waals surface area contributed by atoms with Crippen LogP contribution in [0.4, 0.5) is 0 Å². The predicted octanol–water partition coefficient (Wildman–Crippen LogP) is 4.16. The smallest absolute Gasteiger partial charge is 0.262 e. The second-order valence-electron chi connectivity index (χ2n) is 7.17. The number of piperidine rings is 1. The molecule has 1 amide bonds. The lowest BCUT2D eigenvalue weighted by molar-refractivity contribution is -0.131. The highest BCUT2D eigenvalue weighted by Gasteiger charge is 2.23. The summed E-state index contributed by atoms with van der Waals surface area (Å²) >= 11 is 2.87. The Morgan fingerprint density at radius 2 is 2.07 bits per heavy atom. The van der Waals surface area contributed by atoms with Crippen LogP contribution in [-0.2, 0) is 11.8 Å². The number of likely N-dealkylation sites (tertiary alicyclic amines) is 1. The molecule has 28 heavy (non-hydrogen) atoms. The molecule has 146 valence electrons. The number of thioether (sulfide) groups is 1. The highest BCUT2D eigenvalue weighted by molar-refractivity contribution is 7.99. The zero-order chi connectivity index (χ0) is 19.7. The Hall–Kier alpha value is -2.12. The van der Waals surface area contributed by atoms with E-state index in [4.69, 9.17) is 4.98 Å². The molecule has 0 aliphatic carbocycles. The molecule has 1 saturated heterocycles. The third-order valence-electron chi connectivity index (χ3n) is 5.24. The number of hydrogen-bond donors (Lipinski definition) is 0. The van der Waals surface area contributed by atoms with E-state index in [2.05, 4.69) is 6.92 Å². The van der Waals surface area contributed by atoms with E-state index in [1.165, 1.54) is 29.5 Å². The summed E-state index contributed by atoms with van der Waals surface area (Å²) in [5.74, 6) is 0.440. The maximum absolute atomic E-state index is 12.8. The number of thiophene rings is 1. The molecule has 5 nitrogen and oxygen atoms in total. The van der Waals surface area contributed by atoms with Crippen molar-refractivity contribution in [2.75, 3.05) is 12.3 Å². The van der Waals surface area contributed by atoms with E-state index in [1.807, 2.05) is 41.3 Å². The van der Waals surface area contributed by atoms with Crippen molar-refractivity contribution in [3.63, 3.8) is 0 Å². The number of benzene rings is 1. The number of carbonyl (C=O) groups excluding carboxylic acids is 1. The minimum Gasteiger partial charge on any atom is -0.339 e. The zero-order valence-corrected chi connectivity index (χ0v) is 17.7. The highest BCUT2D eigenvalue weighted by Crippen LogP contribution is 2.32. The Labute approximate surface area is 172 Å². The topological polar surface area (TPSA) is 55.2 Å². The van der Waals surface area contributed by atoms with Crippen LogP contribution in [0.15, 0.2) is 46.3 Å². The third-order valence-corrected chi connectivity index (χ3v) is 7.33. The van der Waals surface area contributed by atoms with Gasteiger partial charge in [-0.2, -0.15) is 0 Å². The first-order valence-corrected chi connectivity index (χ1v) is 11.3. The minimum atomic E-state index is -0.0651. The van der Waals surface area contributed by atoms with Crippen LogP contribution in [0.3, 0.4) is 0 Å². The van der Waals surface area contributed by atoms with Gasteiger partial charge in [0.1, 0.15) is 4.83 Å². The van der Waals surface area contributed by atoms with E-state index < -0.39 is 0 Å². The zero-order valence-electron chi connectivity index (χ0n) is 16.1. The molecule has 1 aliphatic heterocycles. The van der Waals surface area contributed by atoms with E-state index in [9.17, 15) is 9.59 Å². The molecular formula is C21H23N3O2S2. The fourth-order valence-electron chi connectivity index (χ4n) is 3.60. The first-order chi connectivity index (χ1) is 13.5. The summed E-state index contributed by atoms with van der Waals surface area (Å²) in [6, 6.07) is 12.2. The molecule has 0 saturated carbocycles. The van der Waals surface area contributed by atoms with Gasteiger partial charge in [0.15, 0.2) is 5.16 Å². The van der Waals surface area contributed by atoms with Crippen LogP contribution >= 0.6 is 23.1 Å². The van der Waals surface area contributed by atoms with E-state index in [0.29, 0.717) is 22.3 Å². The first kappa shape index (κ1) is 19.2. The SMILES string of the molecule is CC1CCCCN1C(=O)CSc1nc2sc(-c3ccccc3)cc2c(=O)n1C. The third kappa shape index (κ3) is 3.73. The quantitative estimate of drug-likeness (QED) is 0.476. The number of hydrogen-bond acceptors (Lipinski definition) is 5. The Morgan fingerprint density at radius 1 is 1.29 bits per heavy atom. The van der Waals surface area contributed by atoms with Gasteiger partial charge >= 0.3 is 0 Å². The summed E-state index contributed by atoms with van der Waals surface area (Å²) in [5.41, 5.74) is 1.01. The van der Waals surface area contributed by atoms with Crippen molar-refractivity contribution < 1.29 is 4.79 Å². The van der Waals surface area contributed by atoms with Gasteiger partial charge in [0.25, 0.3) is 5.56 Å². The highest BCUT2D eigenvalue weighted by atomic mass is 32.2. The van der Waals surface area contributed by atoms with Crippen molar-refractivity contribution in [2.45, 2.75) is 37.4 Å². The predicted molar refractivity (Wildman–Crippen MR) is 116 cm³/mol. The van der Waals surface area contributed by atoms with Gasteiger partial charge in [-0.05, 0) is 37.8 Å². The van der Waals surface area contributed by atoms with Crippen molar-refractivity contribution in [1.29, 1.82) is 0 Å². The average Bonchev–Trinajstić information content (AvgIpc) is 3.15. The molecule has 7 heteroatoms. The largest absolute Gasteiger partial charge is 0.339 e. The van der Waals surface area contributed by atoms with Crippen LogP contribution in [0, 0.1) is 0 Å². The van der Waals surface area contributed by atoms with E-state index >= 15 is 0 Å². The summed E-state index contributed by atoms with van der Waals surface area (Å²) in [6.45, 7) is 2.94. The fraction of sp³-hybridized carbons (Fsp3) is 0.381. The Morgan fingerprint density at radius 3 is 2.82 bits per heavy atom. The molecule has 0 N–H and O–H groups in total. The van der Waals surface area contributed by atoms with Crippen LogP contribution in [0.5, 0.6) is 0 Å². The maximum Gasteiger partial charge on any atom is 0.262 e. The van der Waals surface area contributed by atoms with Gasteiger partial charge in [0.2, 0.25) is 5.91 Å². The van der Waals surface area contributed by atoms with Crippen LogP contribution in [0.1, 0.15) is 26.2 Å². The summed E-state index contributed by atoms with van der Waals surface area (Å²) in [7, 11) is 1.73. The maximum atomic E-state index is 12.8. The van der Waals surface area contributed by atoms with Crippen molar-refractivity contribution in [1.82, 2.24) is 14.5 Å². The van der Waals surface area contributed by atoms with Gasteiger partial charge in [0.05, 0.1) is 11.1 Å². The monoisotopic (exact) mass is 413 g/mol. The molecule has 3 heterocycles. The first-order valence-electron chi connectivity index (χ1n) is 9.53. The number of carbonyl (C=O) groups is 1. The lowest BCUT2D eigenvalue weighted by atomic mass is 10.0. The van der Waals surface area contributed by atoms with Gasteiger partial charge in [0, 0.05) is 24.5 Å². The Balaban J connectivity index is 1.58. The van der Waals surface area contributed by atoms with Crippen molar-refractivity contribution in [3.8, 4) is 10.4 Å². The number of nitrogens with zero attached hydrogens (tertiary/aromatic N) is 3. The minimum absolute atomic E-state index is 0.0651. The van der Waals surface area contributed by atoms with Crippen LogP contribution in [0.2, 0.25) is 0 Å².